The van der Waals surface area contributed by atoms with Gasteiger partial charge in [0.15, 0.2) is 0 Å². The molecule has 4 N–H and O–H groups in total. The van der Waals surface area contributed by atoms with E-state index in [0.717, 1.165) is 5.56 Å². The van der Waals surface area contributed by atoms with Crippen LogP contribution in [0, 0.1) is 5.82 Å². The smallest absolute Gasteiger partial charge is 0.255 e. The van der Waals surface area contributed by atoms with Gasteiger partial charge in [-0.2, -0.15) is 0 Å². The maximum Gasteiger partial charge on any atom is 0.255 e. The summed E-state index contributed by atoms with van der Waals surface area (Å²) in [6.45, 7) is 5.55. The van der Waals surface area contributed by atoms with Gasteiger partial charge in [-0.3, -0.25) is 19.2 Å². The third-order valence-electron chi connectivity index (χ3n) is 6.87. The summed E-state index contributed by atoms with van der Waals surface area (Å²) in [6, 6.07) is 10.2. The molecule has 10 nitrogen and oxygen atoms in total. The van der Waals surface area contributed by atoms with Crippen molar-refractivity contribution in [2.45, 2.75) is 57.2 Å². The third-order valence-corrected chi connectivity index (χ3v) is 6.87. The fraction of sp³-hybridized carbons (Fsp3) is 0.448. The molecule has 0 aliphatic carbocycles. The van der Waals surface area contributed by atoms with Crippen LogP contribution < -0.4 is 20.7 Å². The van der Waals surface area contributed by atoms with E-state index in [2.05, 4.69) is 16.0 Å². The highest BCUT2D eigenvalue weighted by molar-refractivity contribution is 5.99. The quantitative estimate of drug-likeness (QED) is 0.441. The predicted octanol–water partition coefficient (Wildman–Crippen LogP) is 1.51. The number of ether oxygens (including phenoxy) is 1. The summed E-state index contributed by atoms with van der Waals surface area (Å²) in [6.07, 6.45) is -1.43. The van der Waals surface area contributed by atoms with Crippen LogP contribution in [0.2, 0.25) is 0 Å². The average molecular weight is 557 g/mol. The van der Waals surface area contributed by atoms with Crippen molar-refractivity contribution in [2.75, 3.05) is 26.7 Å². The van der Waals surface area contributed by atoms with Crippen LogP contribution in [0.25, 0.3) is 0 Å². The number of rotatable bonds is 5. The zero-order valence-corrected chi connectivity index (χ0v) is 23.2. The molecule has 11 heteroatoms. The van der Waals surface area contributed by atoms with Gasteiger partial charge in [-0.05, 0) is 43.2 Å². The molecular weight excluding hydrogens is 519 g/mol. The lowest BCUT2D eigenvalue weighted by molar-refractivity contribution is -0.138. The van der Waals surface area contributed by atoms with Crippen LogP contribution in [0.5, 0.6) is 5.75 Å². The van der Waals surface area contributed by atoms with Crippen LogP contribution in [0.15, 0.2) is 48.5 Å². The number of aliphatic hydroxyl groups excluding tert-OH is 1. The van der Waals surface area contributed by atoms with Crippen LogP contribution >= 0.6 is 0 Å². The number of hydrogen-bond acceptors (Lipinski definition) is 6. The molecule has 0 aromatic heterocycles. The lowest BCUT2D eigenvalue weighted by Crippen LogP contribution is -2.53. The Balaban J connectivity index is 1.84. The summed E-state index contributed by atoms with van der Waals surface area (Å²) in [5, 5.41) is 18.2. The highest BCUT2D eigenvalue weighted by Crippen LogP contribution is 2.23. The molecule has 0 radical (unpaired) electrons. The first-order valence-corrected chi connectivity index (χ1v) is 13.2. The minimum absolute atomic E-state index is 0.0510. The molecule has 1 aliphatic rings. The van der Waals surface area contributed by atoms with Gasteiger partial charge in [-0.25, -0.2) is 4.39 Å². The number of halogens is 1. The fourth-order valence-electron chi connectivity index (χ4n) is 4.27. The molecule has 40 heavy (non-hydrogen) atoms. The second kappa shape index (κ2) is 13.4. The highest BCUT2D eigenvalue weighted by Gasteiger charge is 2.31. The van der Waals surface area contributed by atoms with Crippen molar-refractivity contribution in [3.63, 3.8) is 0 Å². The molecule has 0 unspecified atom stereocenters. The van der Waals surface area contributed by atoms with E-state index >= 15 is 0 Å². The number of amides is 4. The Hall–Kier alpha value is -3.99. The van der Waals surface area contributed by atoms with Gasteiger partial charge in [-0.1, -0.05) is 38.1 Å². The van der Waals surface area contributed by atoms with Crippen molar-refractivity contribution in [1.82, 2.24) is 20.9 Å². The Morgan fingerprint density at radius 1 is 1.15 bits per heavy atom. The summed E-state index contributed by atoms with van der Waals surface area (Å²) < 4.78 is 19.2. The molecule has 0 fully saturated rings. The zero-order chi connectivity index (χ0) is 29.4. The van der Waals surface area contributed by atoms with E-state index in [-0.39, 0.29) is 49.7 Å². The summed E-state index contributed by atoms with van der Waals surface area (Å²) in [5.41, 5.74) is 0.452. The predicted molar refractivity (Wildman–Crippen MR) is 146 cm³/mol. The number of nitrogens with one attached hydrogen (secondary N) is 3. The molecule has 3 rings (SSSR count). The van der Waals surface area contributed by atoms with Gasteiger partial charge >= 0.3 is 0 Å². The first kappa shape index (κ1) is 30.6. The van der Waals surface area contributed by atoms with Crippen molar-refractivity contribution in [2.24, 2.45) is 0 Å². The van der Waals surface area contributed by atoms with Crippen LogP contribution in [0.4, 0.5) is 4.39 Å². The summed E-state index contributed by atoms with van der Waals surface area (Å²) >= 11 is 0. The van der Waals surface area contributed by atoms with Crippen molar-refractivity contribution in [3.05, 3.63) is 65.5 Å². The van der Waals surface area contributed by atoms with Crippen LogP contribution in [-0.2, 0) is 19.8 Å². The number of hydrogen-bond donors (Lipinski definition) is 4. The molecule has 0 spiro atoms. The van der Waals surface area contributed by atoms with Gasteiger partial charge in [0.2, 0.25) is 17.7 Å². The lowest BCUT2D eigenvalue weighted by Gasteiger charge is -2.27. The van der Waals surface area contributed by atoms with Gasteiger partial charge in [0.25, 0.3) is 5.91 Å². The SMILES string of the molecule is C[C@@H](O)[C@@H]1NC(=O)CC[C@@H](C(=O)NCC(C)(C)c2ccc(F)cc2)NC(=O)c2ccccc2OCCN(C)C1=O. The normalized spacial score (nSPS) is 20.1. The molecule has 3 atom stereocenters. The lowest BCUT2D eigenvalue weighted by atomic mass is 9.84. The number of benzene rings is 2. The largest absolute Gasteiger partial charge is 0.491 e. The minimum atomic E-state index is -1.19. The fourth-order valence-corrected chi connectivity index (χ4v) is 4.27. The monoisotopic (exact) mass is 556 g/mol. The second-order valence-electron chi connectivity index (χ2n) is 10.6. The number of aliphatic hydroxyl groups is 1. The van der Waals surface area contributed by atoms with E-state index in [1.165, 1.54) is 31.0 Å². The molecule has 1 aliphatic heterocycles. The van der Waals surface area contributed by atoms with Crippen LogP contribution in [-0.4, -0.2) is 78.6 Å². The summed E-state index contributed by atoms with van der Waals surface area (Å²) in [5.74, 6) is -2.22. The average Bonchev–Trinajstić information content (AvgIpc) is 2.92. The van der Waals surface area contributed by atoms with E-state index in [0.29, 0.717) is 0 Å². The van der Waals surface area contributed by atoms with E-state index in [1.807, 2.05) is 13.8 Å². The van der Waals surface area contributed by atoms with Crippen molar-refractivity contribution in [1.29, 1.82) is 0 Å². The maximum absolute atomic E-state index is 13.4. The number of fused-ring (bicyclic) bond motifs is 1. The Morgan fingerprint density at radius 3 is 2.50 bits per heavy atom. The molecule has 0 saturated heterocycles. The van der Waals surface area contributed by atoms with E-state index < -0.39 is 47.2 Å². The molecule has 0 saturated carbocycles. The van der Waals surface area contributed by atoms with E-state index in [4.69, 9.17) is 4.74 Å². The topological polar surface area (TPSA) is 137 Å². The first-order valence-electron chi connectivity index (χ1n) is 13.2. The molecule has 0 bridgehead atoms. The number of nitrogens with zero attached hydrogens (tertiary/aromatic N) is 1. The number of likely N-dealkylation sites (N-methyl/N-ethyl adjacent to an activating group) is 1. The van der Waals surface area contributed by atoms with Crippen molar-refractivity contribution < 1.29 is 33.4 Å². The maximum atomic E-state index is 13.4. The molecular formula is C29H37FN4O6. The number of carbonyl (C=O) groups excluding carboxylic acids is 4. The van der Waals surface area contributed by atoms with Crippen molar-refractivity contribution in [3.8, 4) is 5.75 Å². The van der Waals surface area contributed by atoms with Gasteiger partial charge in [0.1, 0.15) is 30.3 Å². The second-order valence-corrected chi connectivity index (χ2v) is 10.6. The van der Waals surface area contributed by atoms with Crippen molar-refractivity contribution >= 4 is 23.6 Å². The van der Waals surface area contributed by atoms with Crippen LogP contribution in [0.3, 0.4) is 0 Å². The van der Waals surface area contributed by atoms with Crippen LogP contribution in [0.1, 0.15) is 49.5 Å². The highest BCUT2D eigenvalue weighted by atomic mass is 19.1. The van der Waals surface area contributed by atoms with E-state index in [1.54, 1.807) is 36.4 Å². The zero-order valence-electron chi connectivity index (χ0n) is 23.2. The Bertz CT molecular complexity index is 1220. The van der Waals surface area contributed by atoms with Gasteiger partial charge < -0.3 is 30.7 Å². The number of carbonyl (C=O) groups is 4. The minimum Gasteiger partial charge on any atom is -0.491 e. The molecule has 1 heterocycles. The number of para-hydroxylation sites is 1. The van der Waals surface area contributed by atoms with Gasteiger partial charge in [0.05, 0.1) is 18.2 Å². The Kier molecular flexibility index (Phi) is 10.2. The third kappa shape index (κ3) is 8.01. The molecule has 4 amide bonds. The van der Waals surface area contributed by atoms with Gasteiger partial charge in [0, 0.05) is 25.4 Å². The molecule has 2 aromatic rings. The standard InChI is InChI=1S/C29H37FN4O6/c1-18(35)25-28(39)34(4)15-16-40-23-8-6-5-7-21(23)26(37)32-22(13-14-24(36)33-25)27(38)31-17-29(2,3)19-9-11-20(30)12-10-19/h5-12,18,22,25,35H,13-17H2,1-4H3,(H,31,38)(H,32,37)(H,33,36)/t18-,22+,25+/m1/s1. The Labute approximate surface area is 233 Å². The van der Waals surface area contributed by atoms with E-state index in [9.17, 15) is 28.7 Å². The first-order chi connectivity index (χ1) is 18.9. The molecule has 216 valence electrons. The Morgan fingerprint density at radius 2 is 1.82 bits per heavy atom. The summed E-state index contributed by atoms with van der Waals surface area (Å²) in [7, 11) is 1.53. The summed E-state index contributed by atoms with van der Waals surface area (Å²) in [4.78, 5) is 53.6. The van der Waals surface area contributed by atoms with Gasteiger partial charge in [-0.15, -0.1) is 0 Å². The molecule has 2 aromatic carbocycles.